The van der Waals surface area contributed by atoms with Crippen LogP contribution in [0.15, 0.2) is 23.8 Å². The predicted molar refractivity (Wildman–Crippen MR) is 113 cm³/mol. The van der Waals surface area contributed by atoms with Crippen molar-refractivity contribution in [2.75, 3.05) is 38.8 Å². The van der Waals surface area contributed by atoms with E-state index in [-0.39, 0.29) is 51.4 Å². The maximum Gasteiger partial charge on any atom is 0.229 e. The van der Waals surface area contributed by atoms with Gasteiger partial charge in [0.1, 0.15) is 6.04 Å². The van der Waals surface area contributed by atoms with Gasteiger partial charge in [-0.05, 0) is 23.1 Å². The lowest BCUT2D eigenvalue weighted by Crippen LogP contribution is -3.16. The second kappa shape index (κ2) is 7.70. The van der Waals surface area contributed by atoms with Crippen molar-refractivity contribution in [3.63, 3.8) is 0 Å². The maximum atomic E-state index is 13.5. The van der Waals surface area contributed by atoms with Crippen molar-refractivity contribution in [1.82, 2.24) is 0 Å². The Hall–Kier alpha value is -1.65. The van der Waals surface area contributed by atoms with Crippen LogP contribution in [0, 0.1) is 11.8 Å². The van der Waals surface area contributed by atoms with E-state index in [1.54, 1.807) is 24.7 Å². The summed E-state index contributed by atoms with van der Waals surface area (Å²) < 4.78 is 17.6. The molecule has 1 aromatic carbocycles. The standard InChI is InChI=1S/C23H26N2O4.BrH.2H2O/c1-27-16-8-14-15(9-17(16)28-2)25-20(26)10-18-21-13-7-19-23(14,22(21)25)4-5-24(19)11-12(13)3-6-29-18;;;/h3,8-9,13,18-19,21-22H,4-7,10-11H2,1-2H3;1H;2*1H2/t13-,18-,19-,21-,22-,23+;;;/m0.../s1. The molecule has 1 unspecified atom stereocenters. The smallest absolute Gasteiger partial charge is 0.229 e. The lowest BCUT2D eigenvalue weighted by molar-refractivity contribution is -0.916. The number of hydrogen-bond donors (Lipinski definition) is 1. The molecule has 0 radical (unpaired) electrons. The summed E-state index contributed by atoms with van der Waals surface area (Å²) in [5, 5.41) is 0. The number of hydrogen-bond acceptors (Lipinski definition) is 4. The van der Waals surface area contributed by atoms with Gasteiger partial charge in [0.25, 0.3) is 0 Å². The van der Waals surface area contributed by atoms with E-state index in [0.717, 1.165) is 24.4 Å². The second-order valence-corrected chi connectivity index (χ2v) is 9.64. The van der Waals surface area contributed by atoms with E-state index in [1.807, 2.05) is 0 Å². The number of benzene rings is 1. The Kier molecular flexibility index (Phi) is 5.66. The van der Waals surface area contributed by atoms with Gasteiger partial charge in [-0.3, -0.25) is 4.79 Å². The number of ether oxygens (including phenoxy) is 3. The minimum absolute atomic E-state index is 0. The number of carbonyl (C=O) groups excluding carboxylic acids is 1. The summed E-state index contributed by atoms with van der Waals surface area (Å²) >= 11 is 0. The maximum absolute atomic E-state index is 13.5. The van der Waals surface area contributed by atoms with Crippen molar-refractivity contribution in [1.29, 1.82) is 0 Å². The topological polar surface area (TPSA) is 115 Å². The lowest BCUT2D eigenvalue weighted by atomic mass is 9.53. The summed E-state index contributed by atoms with van der Waals surface area (Å²) in [7, 11) is 3.37. The zero-order valence-electron chi connectivity index (χ0n) is 18.3. The van der Waals surface area contributed by atoms with Gasteiger partial charge in [-0.1, -0.05) is 6.08 Å². The molecule has 8 nitrogen and oxygen atoms in total. The fraction of sp³-hybridized carbons (Fsp3) is 0.609. The predicted octanol–water partition coefficient (Wildman–Crippen LogP) is -3.95. The normalized spacial score (nSPS) is 38.9. The summed E-state index contributed by atoms with van der Waals surface area (Å²) in [6, 6.07) is 5.00. The third-order valence-corrected chi connectivity index (χ3v) is 9.00. The van der Waals surface area contributed by atoms with Crippen LogP contribution in [-0.2, 0) is 14.9 Å². The molecule has 6 aliphatic rings. The number of quaternary nitrogens is 1. The molecular formula is C23H31BrN2O6. The molecule has 5 heterocycles. The molecule has 32 heavy (non-hydrogen) atoms. The van der Waals surface area contributed by atoms with Crippen molar-refractivity contribution in [3.05, 3.63) is 29.3 Å². The van der Waals surface area contributed by atoms with E-state index in [9.17, 15) is 4.79 Å². The molecule has 9 heteroatoms. The molecule has 5 aliphatic heterocycles. The molecule has 176 valence electrons. The first kappa shape index (κ1) is 23.5. The molecule has 2 bridgehead atoms. The lowest BCUT2D eigenvalue weighted by Gasteiger charge is -2.56. The largest absolute Gasteiger partial charge is 1.00 e. The second-order valence-electron chi connectivity index (χ2n) is 9.64. The van der Waals surface area contributed by atoms with Crippen molar-refractivity contribution >= 4 is 11.6 Å². The van der Waals surface area contributed by atoms with Crippen LogP contribution >= 0.6 is 0 Å². The quantitative estimate of drug-likeness (QED) is 0.408. The van der Waals surface area contributed by atoms with Crippen LogP contribution < -0.4 is 36.3 Å². The zero-order valence-corrected chi connectivity index (χ0v) is 19.9. The van der Waals surface area contributed by atoms with Crippen LogP contribution in [0.3, 0.4) is 0 Å². The number of fused-ring (bicyclic) bond motifs is 2. The first-order valence-corrected chi connectivity index (χ1v) is 10.9. The fourth-order valence-electron chi connectivity index (χ4n) is 8.09. The van der Waals surface area contributed by atoms with Crippen molar-refractivity contribution < 1.29 is 51.8 Å². The molecule has 0 aromatic heterocycles. The Morgan fingerprint density at radius 1 is 1.19 bits per heavy atom. The third-order valence-electron chi connectivity index (χ3n) is 9.00. The first-order chi connectivity index (χ1) is 14.2. The van der Waals surface area contributed by atoms with E-state index in [0.29, 0.717) is 36.7 Å². The number of amides is 1. The van der Waals surface area contributed by atoms with E-state index < -0.39 is 0 Å². The molecule has 1 aliphatic carbocycles. The average molecular weight is 511 g/mol. The van der Waals surface area contributed by atoms with Crippen LogP contribution in [-0.4, -0.2) is 69.0 Å². The molecule has 5 N–H and O–H groups in total. The third kappa shape index (κ3) is 2.49. The minimum Gasteiger partial charge on any atom is -1.00 e. The van der Waals surface area contributed by atoms with Crippen molar-refractivity contribution in [2.45, 2.75) is 42.9 Å². The fourth-order valence-corrected chi connectivity index (χ4v) is 8.09. The highest BCUT2D eigenvalue weighted by atomic mass is 79.9. The SMILES string of the molecule is COc1cc2c(cc1OC)[C@@]13CC[NH+]4CC5=CCO[C@H]6CC(=O)N2[C@H]1[C@H]6[C@H]5C[C@H]43.O.O.[Br-]. The molecule has 1 spiro atoms. The van der Waals surface area contributed by atoms with Gasteiger partial charge in [-0.2, -0.15) is 0 Å². The minimum atomic E-state index is 0. The van der Waals surface area contributed by atoms with Gasteiger partial charge in [0.2, 0.25) is 5.91 Å². The summed E-state index contributed by atoms with van der Waals surface area (Å²) in [6.07, 6.45) is 5.22. The van der Waals surface area contributed by atoms with Gasteiger partial charge < -0.3 is 51.9 Å². The summed E-state index contributed by atoms with van der Waals surface area (Å²) in [5.74, 6) is 2.63. The number of nitrogens with zero attached hydrogens (tertiary/aromatic N) is 1. The molecule has 1 aromatic rings. The number of anilines is 1. The Morgan fingerprint density at radius 3 is 2.69 bits per heavy atom. The van der Waals surface area contributed by atoms with E-state index in [2.05, 4.69) is 23.1 Å². The average Bonchev–Trinajstić information content (AvgIpc) is 3.20. The number of rotatable bonds is 2. The molecular weight excluding hydrogens is 480 g/mol. The molecule has 4 fully saturated rings. The van der Waals surface area contributed by atoms with E-state index in [4.69, 9.17) is 14.2 Å². The first-order valence-electron chi connectivity index (χ1n) is 10.9. The summed E-state index contributed by atoms with van der Waals surface area (Å²) in [5.41, 5.74) is 3.96. The Labute approximate surface area is 197 Å². The molecule has 7 atom stereocenters. The van der Waals surface area contributed by atoms with Gasteiger partial charge in [-0.15, -0.1) is 0 Å². The Bertz CT molecular complexity index is 985. The number of nitrogens with one attached hydrogen (secondary N) is 1. The van der Waals surface area contributed by atoms with Crippen LogP contribution in [0.2, 0.25) is 0 Å². The molecule has 7 rings (SSSR count). The highest BCUT2D eigenvalue weighted by Crippen LogP contribution is 2.63. The zero-order chi connectivity index (χ0) is 19.5. The molecule has 3 saturated heterocycles. The van der Waals surface area contributed by atoms with E-state index in [1.165, 1.54) is 18.5 Å². The molecule has 1 amide bonds. The van der Waals surface area contributed by atoms with Crippen molar-refractivity contribution in [3.8, 4) is 11.5 Å². The van der Waals surface area contributed by atoms with Gasteiger partial charge in [0.05, 0.1) is 63.6 Å². The monoisotopic (exact) mass is 510 g/mol. The highest BCUT2D eigenvalue weighted by Gasteiger charge is 2.73. The van der Waals surface area contributed by atoms with Crippen LogP contribution in [0.25, 0.3) is 0 Å². The Balaban J connectivity index is 0.000000817. The van der Waals surface area contributed by atoms with Gasteiger partial charge in [-0.25, -0.2) is 0 Å². The number of halogens is 1. The number of piperidine rings is 2. The Morgan fingerprint density at radius 2 is 1.94 bits per heavy atom. The number of carbonyl (C=O) groups is 1. The van der Waals surface area contributed by atoms with Crippen LogP contribution in [0.1, 0.15) is 24.8 Å². The van der Waals surface area contributed by atoms with Gasteiger partial charge in [0, 0.05) is 24.8 Å². The van der Waals surface area contributed by atoms with E-state index >= 15 is 0 Å². The molecule has 1 saturated carbocycles. The van der Waals surface area contributed by atoms with Crippen molar-refractivity contribution in [2.24, 2.45) is 11.8 Å². The summed E-state index contributed by atoms with van der Waals surface area (Å²) in [4.78, 5) is 17.3. The van der Waals surface area contributed by atoms with Gasteiger partial charge in [0.15, 0.2) is 11.5 Å². The number of methoxy groups -OCH3 is 2. The van der Waals surface area contributed by atoms with Crippen LogP contribution in [0.5, 0.6) is 11.5 Å². The summed E-state index contributed by atoms with van der Waals surface area (Å²) in [6.45, 7) is 2.98. The van der Waals surface area contributed by atoms with Crippen LogP contribution in [0.4, 0.5) is 5.69 Å². The highest BCUT2D eigenvalue weighted by molar-refractivity contribution is 5.99. The van der Waals surface area contributed by atoms with Gasteiger partial charge >= 0.3 is 0 Å².